The zero-order valence-corrected chi connectivity index (χ0v) is 16.6. The third-order valence-electron chi connectivity index (χ3n) is 4.96. The zero-order valence-electron chi connectivity index (χ0n) is 16.6. The van der Waals surface area contributed by atoms with Crippen LogP contribution in [0.1, 0.15) is 15.9 Å². The van der Waals surface area contributed by atoms with Gasteiger partial charge in [-0.25, -0.2) is 4.79 Å². The van der Waals surface area contributed by atoms with Crippen LogP contribution in [0.2, 0.25) is 0 Å². The van der Waals surface area contributed by atoms with Crippen molar-refractivity contribution < 1.29 is 18.7 Å². The Bertz CT molecular complexity index is 1360. The highest BCUT2D eigenvalue weighted by Crippen LogP contribution is 2.23. The van der Waals surface area contributed by atoms with Gasteiger partial charge in [0.2, 0.25) is 5.91 Å². The molecule has 0 saturated heterocycles. The number of aromatic nitrogens is 1. The first-order valence-electron chi connectivity index (χ1n) is 9.50. The highest BCUT2D eigenvalue weighted by atomic mass is 16.5. The molecule has 2 aromatic carbocycles. The topological polar surface area (TPSA) is 125 Å². The third kappa shape index (κ3) is 4.23. The lowest BCUT2D eigenvalue weighted by molar-refractivity contribution is -0.119. The van der Waals surface area contributed by atoms with Gasteiger partial charge >= 0.3 is 5.63 Å². The van der Waals surface area contributed by atoms with Crippen LogP contribution in [0.4, 0.5) is 0 Å². The number of nitrogens with zero attached hydrogens (tertiary/aromatic N) is 1. The Labute approximate surface area is 176 Å². The first-order valence-corrected chi connectivity index (χ1v) is 9.50. The number of rotatable bonds is 6. The van der Waals surface area contributed by atoms with Crippen LogP contribution in [0.3, 0.4) is 0 Å². The van der Waals surface area contributed by atoms with E-state index in [2.05, 4.69) is 10.3 Å². The van der Waals surface area contributed by atoms with Gasteiger partial charge in [0.1, 0.15) is 17.4 Å². The van der Waals surface area contributed by atoms with E-state index in [4.69, 9.17) is 14.9 Å². The van der Waals surface area contributed by atoms with E-state index < -0.39 is 23.5 Å². The second-order valence-electron chi connectivity index (χ2n) is 7.00. The number of benzene rings is 2. The molecule has 2 heterocycles. The third-order valence-corrected chi connectivity index (χ3v) is 4.96. The van der Waals surface area contributed by atoms with E-state index >= 15 is 0 Å². The van der Waals surface area contributed by atoms with Gasteiger partial charge < -0.3 is 20.2 Å². The van der Waals surface area contributed by atoms with Crippen molar-refractivity contribution in [1.82, 2.24) is 10.3 Å². The first-order chi connectivity index (χ1) is 14.9. The SMILES string of the molecule is COc1ccc2c(C[C@H](NC(=O)c3cnc4ccccc4c3)C(N)=O)cc(=O)oc2c1. The number of hydrogen-bond acceptors (Lipinski definition) is 6. The van der Waals surface area contributed by atoms with E-state index in [0.29, 0.717) is 27.8 Å². The summed E-state index contributed by atoms with van der Waals surface area (Å²) in [5.74, 6) is -0.690. The van der Waals surface area contributed by atoms with Crippen LogP contribution in [-0.2, 0) is 11.2 Å². The lowest BCUT2D eigenvalue weighted by Gasteiger charge is -2.16. The minimum Gasteiger partial charge on any atom is -0.497 e. The molecule has 0 saturated carbocycles. The van der Waals surface area contributed by atoms with Crippen LogP contribution in [0, 0.1) is 0 Å². The monoisotopic (exact) mass is 417 g/mol. The number of fused-ring (bicyclic) bond motifs is 2. The standard InChI is InChI=1S/C23H19N3O5/c1-30-16-6-7-17-14(10-21(27)31-20(17)11-16)9-19(22(24)28)26-23(29)15-8-13-4-2-3-5-18(13)25-12-15/h2-8,10-12,19H,9H2,1H3,(H2,24,28)(H,26,29)/t19-/m0/s1. The van der Waals surface area contributed by atoms with Gasteiger partial charge in [0, 0.05) is 35.5 Å². The molecule has 0 spiro atoms. The maximum absolute atomic E-state index is 12.8. The Balaban J connectivity index is 1.63. The van der Waals surface area contributed by atoms with Gasteiger partial charge in [0.25, 0.3) is 5.91 Å². The summed E-state index contributed by atoms with van der Waals surface area (Å²) in [6, 6.07) is 14.3. The minimum absolute atomic E-state index is 0.0243. The molecule has 0 bridgehead atoms. The number of ether oxygens (including phenoxy) is 1. The Morgan fingerprint density at radius 2 is 1.97 bits per heavy atom. The van der Waals surface area contributed by atoms with Crippen LogP contribution in [0.5, 0.6) is 5.75 Å². The summed E-state index contributed by atoms with van der Waals surface area (Å²) in [7, 11) is 1.50. The van der Waals surface area contributed by atoms with Crippen molar-refractivity contribution in [3.05, 3.63) is 82.3 Å². The molecule has 8 heteroatoms. The van der Waals surface area contributed by atoms with Gasteiger partial charge in [0.05, 0.1) is 18.2 Å². The lowest BCUT2D eigenvalue weighted by atomic mass is 10.0. The summed E-state index contributed by atoms with van der Waals surface area (Å²) in [4.78, 5) is 41.1. The summed E-state index contributed by atoms with van der Waals surface area (Å²) in [5, 5.41) is 4.06. The van der Waals surface area contributed by atoms with Crippen molar-refractivity contribution in [2.75, 3.05) is 7.11 Å². The van der Waals surface area contributed by atoms with Gasteiger partial charge in [-0.2, -0.15) is 0 Å². The van der Waals surface area contributed by atoms with Gasteiger partial charge in [-0.3, -0.25) is 14.6 Å². The average Bonchev–Trinajstić information content (AvgIpc) is 2.77. The molecule has 2 aromatic heterocycles. The number of hydrogen-bond donors (Lipinski definition) is 2. The number of nitrogens with two attached hydrogens (primary N) is 1. The normalized spacial score (nSPS) is 11.9. The van der Waals surface area contributed by atoms with Crippen molar-refractivity contribution in [3.8, 4) is 5.75 Å². The first kappa shape index (κ1) is 20.1. The molecule has 0 fully saturated rings. The Hall–Kier alpha value is -4.20. The largest absolute Gasteiger partial charge is 0.497 e. The van der Waals surface area contributed by atoms with Gasteiger partial charge in [0.15, 0.2) is 0 Å². The molecule has 0 aliphatic carbocycles. The van der Waals surface area contributed by atoms with Crippen molar-refractivity contribution in [2.45, 2.75) is 12.5 Å². The Morgan fingerprint density at radius 1 is 1.16 bits per heavy atom. The van der Waals surface area contributed by atoms with Crippen LogP contribution in [-0.4, -0.2) is 29.9 Å². The van der Waals surface area contributed by atoms with Crippen molar-refractivity contribution in [3.63, 3.8) is 0 Å². The molecule has 31 heavy (non-hydrogen) atoms. The summed E-state index contributed by atoms with van der Waals surface area (Å²) < 4.78 is 10.4. The zero-order chi connectivity index (χ0) is 22.0. The van der Waals surface area contributed by atoms with Gasteiger partial charge in [-0.05, 0) is 29.8 Å². The van der Waals surface area contributed by atoms with E-state index in [1.165, 1.54) is 19.4 Å². The number of carbonyl (C=O) groups is 2. The fourth-order valence-electron chi connectivity index (χ4n) is 3.39. The molecule has 4 aromatic rings. The molecule has 0 aliphatic heterocycles. The molecule has 3 N–H and O–H groups in total. The number of carbonyl (C=O) groups excluding carboxylic acids is 2. The van der Waals surface area contributed by atoms with E-state index in [9.17, 15) is 14.4 Å². The number of pyridine rings is 1. The second kappa shape index (κ2) is 8.27. The van der Waals surface area contributed by atoms with Crippen LogP contribution < -0.4 is 21.4 Å². The van der Waals surface area contributed by atoms with E-state index in [1.54, 1.807) is 24.3 Å². The lowest BCUT2D eigenvalue weighted by Crippen LogP contribution is -2.46. The van der Waals surface area contributed by atoms with E-state index in [-0.39, 0.29) is 6.42 Å². The van der Waals surface area contributed by atoms with Crippen molar-refractivity contribution in [1.29, 1.82) is 0 Å². The average molecular weight is 417 g/mol. The number of primary amides is 1. The summed E-state index contributed by atoms with van der Waals surface area (Å²) >= 11 is 0. The number of para-hydroxylation sites is 1. The van der Waals surface area contributed by atoms with Crippen LogP contribution in [0.15, 0.2) is 70.0 Å². The number of methoxy groups -OCH3 is 1. The van der Waals surface area contributed by atoms with E-state index in [0.717, 1.165) is 10.9 Å². The van der Waals surface area contributed by atoms with E-state index in [1.807, 2.05) is 24.3 Å². The van der Waals surface area contributed by atoms with Gasteiger partial charge in [-0.15, -0.1) is 0 Å². The minimum atomic E-state index is -1.04. The van der Waals surface area contributed by atoms with Crippen molar-refractivity contribution >= 4 is 33.7 Å². The van der Waals surface area contributed by atoms with Crippen LogP contribution >= 0.6 is 0 Å². The predicted octanol–water partition coefficient (Wildman–Crippen LogP) is 2.18. The maximum atomic E-state index is 12.8. The number of nitrogens with one attached hydrogen (secondary N) is 1. The molecule has 0 aliphatic rings. The predicted molar refractivity (Wildman–Crippen MR) is 115 cm³/mol. The fourth-order valence-corrected chi connectivity index (χ4v) is 3.39. The van der Waals surface area contributed by atoms with Crippen LogP contribution in [0.25, 0.3) is 21.9 Å². The smallest absolute Gasteiger partial charge is 0.336 e. The highest BCUT2D eigenvalue weighted by Gasteiger charge is 2.22. The molecule has 4 rings (SSSR count). The number of amides is 2. The highest BCUT2D eigenvalue weighted by molar-refractivity contribution is 5.99. The fraction of sp³-hybridized carbons (Fsp3) is 0.130. The quantitative estimate of drug-likeness (QED) is 0.463. The molecule has 1 atom stereocenters. The van der Waals surface area contributed by atoms with Crippen molar-refractivity contribution in [2.24, 2.45) is 5.73 Å². The summed E-state index contributed by atoms with van der Waals surface area (Å²) in [5.41, 5.74) is 6.85. The second-order valence-corrected chi connectivity index (χ2v) is 7.00. The summed E-state index contributed by atoms with van der Waals surface area (Å²) in [6.45, 7) is 0. The summed E-state index contributed by atoms with van der Waals surface area (Å²) in [6.07, 6.45) is 1.46. The molecule has 156 valence electrons. The molecule has 8 nitrogen and oxygen atoms in total. The molecule has 0 unspecified atom stereocenters. The maximum Gasteiger partial charge on any atom is 0.336 e. The molecular weight excluding hydrogens is 398 g/mol. The Morgan fingerprint density at radius 3 is 2.74 bits per heavy atom. The molecular formula is C23H19N3O5. The molecule has 2 amide bonds. The molecule has 0 radical (unpaired) electrons. The Kier molecular flexibility index (Phi) is 5.36. The van der Waals surface area contributed by atoms with Gasteiger partial charge in [-0.1, -0.05) is 18.2 Å².